The van der Waals surface area contributed by atoms with E-state index in [1.165, 1.54) is 47.6 Å². The number of aliphatic hydroxyl groups excluding tert-OH is 7. The maximum atomic E-state index is 14.5. The third-order valence-corrected chi connectivity index (χ3v) is 21.9. The Hall–Kier alpha value is -10.7. The topological polar surface area (TPSA) is 854 Å². The Morgan fingerprint density at radius 3 is 0.985 bits per heavy atom. The van der Waals surface area contributed by atoms with E-state index in [0.29, 0.717) is 25.7 Å². The molecule has 55 heteroatoms. The Labute approximate surface area is 781 Å². The molecule has 0 aromatic rings. The van der Waals surface area contributed by atoms with Crippen LogP contribution < -0.4 is 97.4 Å². The molecule has 0 radical (unpaired) electrons. The van der Waals surface area contributed by atoms with Crippen LogP contribution >= 0.6 is 0 Å². The van der Waals surface area contributed by atoms with Crippen LogP contribution in [0.5, 0.6) is 0 Å². The van der Waals surface area contributed by atoms with E-state index >= 15 is 0 Å². The van der Waals surface area contributed by atoms with Gasteiger partial charge in [-0.2, -0.15) is 0 Å². The summed E-state index contributed by atoms with van der Waals surface area (Å²) >= 11 is 0. The Balaban J connectivity index is 1.72. The van der Waals surface area contributed by atoms with Gasteiger partial charge in [-0.15, -0.1) is 0 Å². The van der Waals surface area contributed by atoms with Gasteiger partial charge >= 0.3 is 11.9 Å². The van der Waals surface area contributed by atoms with Crippen LogP contribution in [0.25, 0.3) is 0 Å². The summed E-state index contributed by atoms with van der Waals surface area (Å²) in [7, 11) is 0. The first-order chi connectivity index (χ1) is 63.9. The Kier molecular flexibility index (Phi) is 49.7. The molecule has 16 amide bonds. The Bertz CT molecular complexity index is 4070. The van der Waals surface area contributed by atoms with E-state index < -0.39 is 354 Å². The molecule has 31 N–H and O–H groups in total. The molecule has 0 aliphatic carbocycles. The van der Waals surface area contributed by atoms with Gasteiger partial charge in [-0.1, -0.05) is 6.08 Å². The molecule has 0 saturated carbocycles. The standard InChI is InChI=1S/C81H136N18O37/c1-14-27-127-78-56(94-42(12)106)64(128-38(8)72(119)86-34(4)70(117)98-44(66(84)113)21-23-52(108)96-46(19-15-17-25-82)74(121)88-32(2)68(115)90-36(6)76(123)124)62(50(30-102)131-78)136-80-55(93-41(11)105)60(112)61(49(29-101)132-80)134-81-57(95-43(13)107)65(63(51(31-103)133-81)135-79-54(92-40(10)104)59(111)58(110)48(28-100)130-79)129-39(9)73(120)87-35(5)71(118)99-45(67(85)114)22-24-53(109)97-47(20-16-18-26-83)75(122)89-33(3)69(116)91-37(7)77(125)126/h14,27,32-39,44-51,54-65,78-81,100-103,110-112H,15-26,28-31,82-83H2,1-13H3,(H2,84,113)(H2,85,114)(H,86,119)(H,87,120)(H,88,121)(H,89,122)(H,90,115)(H,91,116)(H,92,104)(H,93,105)(H,94,106)(H,95,107)(H,96,108)(H,97,109)(H,98,117)(H,99,118)(H,123,124)(H,125,126)/b27-14+/t32-,33-,34+,35+,36-,37-,38-,39-,44-,45-,46+,47+,48-,49-,50-,51-,54-,55-,56-,57-,58-,59-,60-,61-,62-,63-,64-,65-,78?,79+,80+,81+/m1/s1. The number of hydrogen-bond donors (Lipinski definition) is 27. The number of amides is 16. The average molecular weight is 1950 g/mol. The summed E-state index contributed by atoms with van der Waals surface area (Å²) < 4.78 is 62.8. The fourth-order valence-corrected chi connectivity index (χ4v) is 14.4. The first-order valence-corrected chi connectivity index (χ1v) is 44.1. The zero-order valence-corrected chi connectivity index (χ0v) is 77.7. The molecule has 0 spiro atoms. The molecule has 4 saturated heterocycles. The lowest BCUT2D eigenvalue weighted by Crippen LogP contribution is -2.72. The van der Waals surface area contributed by atoms with E-state index in [-0.39, 0.29) is 25.9 Å². The Morgan fingerprint density at radius 1 is 0.346 bits per heavy atom. The zero-order chi connectivity index (χ0) is 103. The van der Waals surface area contributed by atoms with Crippen LogP contribution in [-0.2, 0) is 134 Å². The lowest BCUT2D eigenvalue weighted by Gasteiger charge is -2.52. The van der Waals surface area contributed by atoms with Crippen LogP contribution in [0.2, 0.25) is 0 Å². The molecule has 1 unspecified atom stereocenters. The van der Waals surface area contributed by atoms with E-state index in [1.54, 1.807) is 0 Å². The minimum absolute atomic E-state index is 0.00128. The van der Waals surface area contributed by atoms with Crippen molar-refractivity contribution < 1.29 is 180 Å². The molecule has 4 rings (SSSR count). The summed E-state index contributed by atoms with van der Waals surface area (Å²) in [5.74, 6) is -18.1. The second-order valence-electron chi connectivity index (χ2n) is 33.0. The number of nitrogens with one attached hydrogen (secondary N) is 14. The number of nitrogens with two attached hydrogens (primary N) is 4. The molecule has 55 nitrogen and oxygen atoms in total. The van der Waals surface area contributed by atoms with Gasteiger partial charge in [0.2, 0.25) is 101 Å². The average Bonchev–Trinajstić information content (AvgIpc) is 0.758. The highest BCUT2D eigenvalue weighted by atomic mass is 16.8. The minimum atomic E-state index is -2.25. The number of hydrogen-bond acceptors (Lipinski definition) is 37. The van der Waals surface area contributed by atoms with Gasteiger partial charge in [-0.05, 0) is 127 Å². The second-order valence-corrected chi connectivity index (χ2v) is 33.0. The number of aliphatic carboxylic acids is 2. The van der Waals surface area contributed by atoms with E-state index in [4.69, 9.17) is 70.3 Å². The number of carboxylic acids is 2. The first-order valence-electron chi connectivity index (χ1n) is 44.1. The van der Waals surface area contributed by atoms with Crippen LogP contribution in [0.3, 0.4) is 0 Å². The molecule has 4 aliphatic rings. The lowest BCUT2D eigenvalue weighted by atomic mass is 9.92. The smallest absolute Gasteiger partial charge is 0.325 e. The van der Waals surface area contributed by atoms with Crippen LogP contribution in [-0.4, -0.2) is 387 Å². The molecular formula is C81H136N18O37. The summed E-state index contributed by atoms with van der Waals surface area (Å²) in [5.41, 5.74) is 22.6. The van der Waals surface area contributed by atoms with E-state index in [9.17, 15) is 132 Å². The summed E-state index contributed by atoms with van der Waals surface area (Å²) in [5, 5.41) is 132. The third kappa shape index (κ3) is 36.3. The minimum Gasteiger partial charge on any atom is -0.480 e. The number of ether oxygens (including phenoxy) is 10. The number of carboxylic acid groups (broad SMARTS) is 2. The Morgan fingerprint density at radius 2 is 0.647 bits per heavy atom. The number of carbonyl (C=O) groups excluding carboxylic acids is 16. The fourth-order valence-electron chi connectivity index (χ4n) is 14.4. The molecule has 136 heavy (non-hydrogen) atoms. The molecular weight excluding hydrogens is 1820 g/mol. The molecule has 0 aromatic heterocycles. The molecule has 4 heterocycles. The van der Waals surface area contributed by atoms with Crippen molar-refractivity contribution in [2.24, 2.45) is 22.9 Å². The molecule has 0 aromatic carbocycles. The van der Waals surface area contributed by atoms with Crippen LogP contribution in [0, 0.1) is 0 Å². The van der Waals surface area contributed by atoms with Gasteiger partial charge in [0.05, 0.1) is 32.7 Å². The zero-order valence-electron chi connectivity index (χ0n) is 77.7. The summed E-state index contributed by atoms with van der Waals surface area (Å²) in [4.78, 5) is 237. The summed E-state index contributed by atoms with van der Waals surface area (Å²) in [6, 6.07) is -21.5. The quantitative estimate of drug-likeness (QED) is 0.0199. The molecule has 0 bridgehead atoms. The van der Waals surface area contributed by atoms with Crippen molar-refractivity contribution in [3.8, 4) is 0 Å². The van der Waals surface area contributed by atoms with Crippen molar-refractivity contribution >= 4 is 106 Å². The first kappa shape index (κ1) is 118. The fraction of sp³-hybridized carbons (Fsp3) is 0.753. The van der Waals surface area contributed by atoms with Gasteiger partial charge < -0.3 is 191 Å². The maximum absolute atomic E-state index is 14.5. The molecule has 32 atom stereocenters. The van der Waals surface area contributed by atoms with E-state index in [0.717, 1.165) is 54.7 Å². The largest absolute Gasteiger partial charge is 0.480 e. The highest BCUT2D eigenvalue weighted by molar-refractivity contribution is 5.97. The number of allylic oxidation sites excluding steroid dienone is 1. The van der Waals surface area contributed by atoms with Crippen molar-refractivity contribution in [3.05, 3.63) is 12.3 Å². The van der Waals surface area contributed by atoms with Gasteiger partial charge in [0.15, 0.2) is 18.9 Å². The van der Waals surface area contributed by atoms with Crippen molar-refractivity contribution in [3.63, 3.8) is 0 Å². The number of aliphatic hydroxyl groups is 7. The predicted octanol–water partition coefficient (Wildman–Crippen LogP) is -12.9. The van der Waals surface area contributed by atoms with Crippen LogP contribution in [0.4, 0.5) is 0 Å². The van der Waals surface area contributed by atoms with Crippen molar-refractivity contribution in [1.82, 2.24) is 74.4 Å². The van der Waals surface area contributed by atoms with Crippen molar-refractivity contribution in [2.45, 2.75) is 349 Å². The van der Waals surface area contributed by atoms with Gasteiger partial charge in [0.25, 0.3) is 0 Å². The lowest BCUT2D eigenvalue weighted by molar-refractivity contribution is -0.366. The van der Waals surface area contributed by atoms with E-state index in [1.807, 2.05) is 0 Å². The van der Waals surface area contributed by atoms with Gasteiger partial charge in [-0.25, -0.2) is 0 Å². The van der Waals surface area contributed by atoms with Crippen LogP contribution in [0.1, 0.15) is 154 Å². The predicted molar refractivity (Wildman–Crippen MR) is 462 cm³/mol. The summed E-state index contributed by atoms with van der Waals surface area (Å²) in [6.45, 7) is 11.0. The van der Waals surface area contributed by atoms with Crippen molar-refractivity contribution in [2.75, 3.05) is 39.5 Å². The van der Waals surface area contributed by atoms with Crippen molar-refractivity contribution in [1.29, 1.82) is 0 Å². The van der Waals surface area contributed by atoms with Crippen LogP contribution in [0.15, 0.2) is 12.3 Å². The SMILES string of the molecule is C/C=C/OC1O[C@H](CO)[C@@H](O[C@@H]2O[C@H](CO)[C@@H](O[C@@H]3O[C@H](CO)[C@@H](O[C@@H]4O[C@H](CO)[C@@H](O)[C@H](O)[C@H]4NC(C)=O)[C@H](O[C@H](C)C(=O)N[C@@H](C)C(=O)N[C@H](CCC(=O)N[C@@H](CCCCN)C(=O)N[C@H](C)C(=O)N[C@H](C)C(=O)O)C(N)=O)[C@H]3NC(C)=O)[C@H](O)[C@H]2NC(C)=O)[C@H](O[C@H](C)C(=O)N[C@@H](C)C(=O)N[C@H](CCC(=O)N[C@@H](CCCCN)C(=O)N[C@H](C)C(=O)N[C@H](C)C(=O)O)C(N)=O)[C@H]1NC(C)=O. The number of unbranched alkanes of at least 4 members (excludes halogenated alkanes) is 2. The molecule has 4 fully saturated rings. The number of primary amides is 2. The molecule has 4 aliphatic heterocycles. The maximum Gasteiger partial charge on any atom is 0.325 e. The number of carbonyl (C=O) groups is 18. The van der Waals surface area contributed by atoms with Gasteiger partial charge in [0, 0.05) is 40.5 Å². The monoisotopic (exact) mass is 1950 g/mol. The summed E-state index contributed by atoms with van der Waals surface area (Å²) in [6.07, 6.45) is -32.9. The number of rotatable bonds is 56. The normalized spacial score (nSPS) is 27.5. The molecule has 772 valence electrons. The second kappa shape index (κ2) is 57.5. The van der Waals surface area contributed by atoms with Gasteiger partial charge in [0.1, 0.15) is 170 Å². The highest BCUT2D eigenvalue weighted by Crippen LogP contribution is 2.37. The van der Waals surface area contributed by atoms with Gasteiger partial charge in [-0.3, -0.25) is 86.3 Å². The van der Waals surface area contributed by atoms with E-state index in [2.05, 4.69) is 74.4 Å². The highest BCUT2D eigenvalue weighted by Gasteiger charge is 2.59. The third-order valence-electron chi connectivity index (χ3n) is 21.9.